The number of carbonyl (C=O) groups excluding carboxylic acids is 5. The zero-order valence-electron chi connectivity index (χ0n) is 28.0. The number of aliphatic carboxylic acids is 1. The average Bonchev–Trinajstić information content (AvgIpc) is 3.48. The first kappa shape index (κ1) is 24.8. The van der Waals surface area contributed by atoms with Gasteiger partial charge in [0.05, 0.1) is 6.85 Å². The van der Waals surface area contributed by atoms with Crippen molar-refractivity contribution < 1.29 is 45.8 Å². The molecule has 0 aliphatic carbocycles. The molecule has 2 saturated heterocycles. The van der Waals surface area contributed by atoms with Crippen molar-refractivity contribution >= 4 is 59.2 Å². The molecule has 44 heavy (non-hydrogen) atoms. The summed E-state index contributed by atoms with van der Waals surface area (Å²) in [6.45, 7) is 1.34. The number of carboxylic acid groups (broad SMARTS) is 1. The lowest BCUT2D eigenvalue weighted by Gasteiger charge is -2.49. The van der Waals surface area contributed by atoms with Crippen LogP contribution in [0, 0.1) is 0 Å². The Hall–Kier alpha value is -4.65. The second kappa shape index (κ2) is 12.5. The van der Waals surface area contributed by atoms with E-state index in [1.165, 1.54) is 4.68 Å². The number of imide groups is 1. The third-order valence-corrected chi connectivity index (χ3v) is 9.19. The Bertz CT molecular complexity index is 1820. The van der Waals surface area contributed by atoms with E-state index in [1.807, 2.05) is 5.32 Å². The van der Waals surface area contributed by atoms with Gasteiger partial charge in [0.1, 0.15) is 28.9 Å². The van der Waals surface area contributed by atoms with E-state index in [-0.39, 0.29) is 36.8 Å². The number of aryl methyl sites for hydroxylation is 1. The number of urea groups is 1. The number of hydrogen-bond acceptors (Lipinski definition) is 12. The van der Waals surface area contributed by atoms with E-state index < -0.39 is 88.5 Å². The molecule has 0 unspecified atom stereocenters. The summed E-state index contributed by atoms with van der Waals surface area (Å²) in [6.07, 6.45) is 0. The SMILES string of the molecule is [2H]c1c([2H])c([C@@]([2H])(NC(=O)N2CCN(CC)C(=O)C2=O)C(=O)N[C@H]2C(=O)N3C(C(=O)O)=C(CSc4nnnn4C)CS[C@H]23)c([2H])c([2H])c1O. The molecule has 1 aromatic heterocycles. The Balaban J connectivity index is 1.45. The lowest BCUT2D eigenvalue weighted by molar-refractivity contribution is -0.153. The maximum Gasteiger partial charge on any atom is 0.352 e. The third kappa shape index (κ3) is 5.79. The fraction of sp³-hybridized carbons (Fsp3) is 0.400. The van der Waals surface area contributed by atoms with Crippen molar-refractivity contribution in [3.63, 3.8) is 0 Å². The Morgan fingerprint density at radius 3 is 2.57 bits per heavy atom. The number of nitrogens with zero attached hydrogens (tertiary/aromatic N) is 7. The molecule has 232 valence electrons. The molecule has 3 aliphatic rings. The second-order valence-corrected chi connectivity index (χ2v) is 11.4. The fourth-order valence-corrected chi connectivity index (χ4v) is 6.85. The van der Waals surface area contributed by atoms with Crippen LogP contribution in [0.3, 0.4) is 0 Å². The van der Waals surface area contributed by atoms with Crippen molar-refractivity contribution in [1.29, 1.82) is 0 Å². The highest BCUT2D eigenvalue weighted by Crippen LogP contribution is 2.41. The summed E-state index contributed by atoms with van der Waals surface area (Å²) in [5.41, 5.74) is -1.02. The molecule has 5 rings (SSSR count). The second-order valence-electron chi connectivity index (χ2n) is 9.36. The Morgan fingerprint density at radius 1 is 1.20 bits per heavy atom. The molecule has 0 saturated carbocycles. The predicted octanol–water partition coefficient (Wildman–Crippen LogP) is -1.11. The number of carboxylic acids is 1. The molecule has 0 radical (unpaired) electrons. The summed E-state index contributed by atoms with van der Waals surface area (Å²) in [5.74, 6) is -7.11. The van der Waals surface area contributed by atoms with Gasteiger partial charge in [-0.15, -0.1) is 16.9 Å². The van der Waals surface area contributed by atoms with Gasteiger partial charge in [-0.3, -0.25) is 29.0 Å². The Labute approximate surface area is 265 Å². The molecule has 1 aromatic carbocycles. The molecule has 0 spiro atoms. The largest absolute Gasteiger partial charge is 0.508 e. The normalized spacial score (nSPS) is 23.0. The van der Waals surface area contributed by atoms with Gasteiger partial charge in [0.25, 0.3) is 5.91 Å². The number of benzene rings is 1. The number of aromatic hydroxyl groups is 1. The van der Waals surface area contributed by atoms with Gasteiger partial charge in [-0.2, -0.15) is 0 Å². The molecular formula is C25H27N9O8S2. The van der Waals surface area contributed by atoms with Crippen LogP contribution in [-0.4, -0.2) is 123 Å². The number of amides is 6. The van der Waals surface area contributed by atoms with Gasteiger partial charge in [0.2, 0.25) is 11.1 Å². The van der Waals surface area contributed by atoms with Gasteiger partial charge in [-0.1, -0.05) is 23.8 Å². The van der Waals surface area contributed by atoms with Crippen molar-refractivity contribution in [3.8, 4) is 5.75 Å². The molecule has 4 heterocycles. The summed E-state index contributed by atoms with van der Waals surface area (Å²) >= 11 is 2.21. The number of carbonyl (C=O) groups is 6. The number of fused-ring (bicyclic) bond motifs is 1. The number of tetrazole rings is 1. The van der Waals surface area contributed by atoms with Crippen LogP contribution < -0.4 is 10.6 Å². The number of thioether (sulfide) groups is 2. The van der Waals surface area contributed by atoms with E-state index in [0.29, 0.717) is 15.6 Å². The van der Waals surface area contributed by atoms with Gasteiger partial charge in [0.15, 0.2) is 0 Å². The number of hydrogen-bond donors (Lipinski definition) is 4. The maximum atomic E-state index is 13.9. The smallest absolute Gasteiger partial charge is 0.352 e. The zero-order chi connectivity index (χ0) is 36.1. The van der Waals surface area contributed by atoms with Crippen LogP contribution in [0.15, 0.2) is 40.6 Å². The minimum atomic E-state index is -3.28. The van der Waals surface area contributed by atoms with Crippen molar-refractivity contribution in [2.24, 2.45) is 7.05 Å². The molecule has 2 fully saturated rings. The highest BCUT2D eigenvalue weighted by molar-refractivity contribution is 8.01. The van der Waals surface area contributed by atoms with Crippen molar-refractivity contribution in [2.75, 3.05) is 31.1 Å². The number of β-lactam (4-membered cyclic amide) rings is 1. The van der Waals surface area contributed by atoms with Crippen molar-refractivity contribution in [2.45, 2.75) is 29.5 Å². The maximum absolute atomic E-state index is 13.9. The number of aromatic nitrogens is 4. The Morgan fingerprint density at radius 2 is 1.93 bits per heavy atom. The molecule has 2 aromatic rings. The third-order valence-electron chi connectivity index (χ3n) is 6.75. The van der Waals surface area contributed by atoms with Crippen LogP contribution in [0.25, 0.3) is 0 Å². The van der Waals surface area contributed by atoms with E-state index in [0.717, 1.165) is 33.3 Å². The molecule has 19 heteroatoms. The summed E-state index contributed by atoms with van der Waals surface area (Å²) < 4.78 is 43.2. The van der Waals surface area contributed by atoms with E-state index in [4.69, 9.17) is 6.85 Å². The van der Waals surface area contributed by atoms with Crippen molar-refractivity contribution in [3.05, 3.63) is 41.0 Å². The molecule has 3 atom stereocenters. The molecule has 4 N–H and O–H groups in total. The Kier molecular flexibility index (Phi) is 7.05. The molecular weight excluding hydrogens is 618 g/mol. The predicted molar refractivity (Wildman–Crippen MR) is 153 cm³/mol. The minimum absolute atomic E-state index is 0.0766. The van der Waals surface area contributed by atoms with Crippen LogP contribution in [0.2, 0.25) is 0 Å². The zero-order valence-corrected chi connectivity index (χ0v) is 24.6. The minimum Gasteiger partial charge on any atom is -0.508 e. The van der Waals surface area contributed by atoms with E-state index in [9.17, 15) is 39.0 Å². The highest BCUT2D eigenvalue weighted by Gasteiger charge is 2.54. The van der Waals surface area contributed by atoms with Crippen LogP contribution in [-0.2, 0) is 31.0 Å². The molecule has 6 amide bonds. The molecule has 0 bridgehead atoms. The number of rotatable bonds is 9. The number of phenolic OH excluding ortho intramolecular Hbond substituents is 1. The van der Waals surface area contributed by atoms with Crippen molar-refractivity contribution in [1.82, 2.24) is 45.5 Å². The quantitative estimate of drug-likeness (QED) is 0.144. The van der Waals surface area contributed by atoms with Gasteiger partial charge in [0, 0.05) is 38.2 Å². The van der Waals surface area contributed by atoms with E-state index in [1.54, 1.807) is 14.0 Å². The van der Waals surface area contributed by atoms with Gasteiger partial charge >= 0.3 is 23.8 Å². The number of nitrogens with one attached hydrogen (secondary N) is 2. The van der Waals surface area contributed by atoms with Crippen LogP contribution >= 0.6 is 23.5 Å². The van der Waals surface area contributed by atoms with Crippen LogP contribution in [0.5, 0.6) is 5.75 Å². The van der Waals surface area contributed by atoms with Crippen LogP contribution in [0.1, 0.15) is 25.4 Å². The number of phenols is 1. The summed E-state index contributed by atoms with van der Waals surface area (Å²) in [4.78, 5) is 80.7. The van der Waals surface area contributed by atoms with E-state index in [2.05, 4.69) is 20.8 Å². The fourth-order valence-electron chi connectivity index (χ4n) is 4.51. The summed E-state index contributed by atoms with van der Waals surface area (Å²) in [6, 6.07) is -10.5. The lowest BCUT2D eigenvalue weighted by Crippen LogP contribution is -2.71. The molecule has 3 aliphatic heterocycles. The summed E-state index contributed by atoms with van der Waals surface area (Å²) in [7, 11) is 1.59. The standard InChI is InChI=1S/C25H27N9O8S2/c1-3-32-8-9-33(21(39)20(32)38)24(42)27-15(12-4-6-14(35)7-5-12)18(36)26-16-19(37)34-17(23(40)41)13(10-43-22(16)34)11-44-25-28-29-30-31(25)2/h4-7,15-16,22,35H,3,8-11H2,1-2H3,(H,26,36)(H,27,42)(H,40,41)/t15-,16+,22-/m1/s1/i4D,5D,6D,7D,15D. The number of piperazine rings is 1. The molecule has 17 nitrogen and oxygen atoms in total. The summed E-state index contributed by atoms with van der Waals surface area (Å²) in [5, 5.41) is 34.7. The first-order valence-corrected chi connectivity index (χ1v) is 14.9. The van der Waals surface area contributed by atoms with Gasteiger partial charge < -0.3 is 25.7 Å². The number of likely N-dealkylation sites (N-methyl/N-ethyl adjacent to an activating group) is 1. The van der Waals surface area contributed by atoms with Gasteiger partial charge in [-0.25, -0.2) is 14.3 Å². The first-order chi connectivity index (χ1) is 23.0. The lowest BCUT2D eigenvalue weighted by atomic mass is 10.0. The van der Waals surface area contributed by atoms with Gasteiger partial charge in [-0.05, 0) is 40.6 Å². The first-order valence-electron chi connectivity index (χ1n) is 15.3. The average molecular weight is 651 g/mol. The van der Waals surface area contributed by atoms with E-state index >= 15 is 0 Å². The van der Waals surface area contributed by atoms with Crippen LogP contribution in [0.4, 0.5) is 4.79 Å². The highest BCUT2D eigenvalue weighted by atomic mass is 32.2. The monoisotopic (exact) mass is 650 g/mol. The topological polar surface area (TPSA) is 220 Å².